The number of hydrogen-bond donors (Lipinski definition) is 0. The lowest BCUT2D eigenvalue weighted by molar-refractivity contribution is 0.827. The van der Waals surface area contributed by atoms with E-state index in [0.717, 1.165) is 0 Å². The van der Waals surface area contributed by atoms with Crippen molar-refractivity contribution in [2.45, 2.75) is 12.3 Å². The van der Waals surface area contributed by atoms with Crippen LogP contribution in [0.1, 0.15) is 0 Å². The van der Waals surface area contributed by atoms with Crippen molar-refractivity contribution in [2.24, 2.45) is 41.4 Å². The summed E-state index contributed by atoms with van der Waals surface area (Å²) in [5, 5.41) is 27.7. The van der Waals surface area contributed by atoms with Gasteiger partial charge in [-0.25, -0.2) is 0 Å². The van der Waals surface area contributed by atoms with Crippen molar-refractivity contribution in [1.82, 2.24) is 0 Å². The molecule has 0 atom stereocenters. The monoisotopic (exact) mass is 182 g/mol. The molecule has 12 heavy (non-hydrogen) atoms. The van der Waals surface area contributed by atoms with Gasteiger partial charge in [-0.2, -0.15) is 0 Å². The molecule has 0 unspecified atom stereocenters. The van der Waals surface area contributed by atoms with Crippen LogP contribution in [0.4, 0.5) is 0 Å². The van der Waals surface area contributed by atoms with Crippen LogP contribution < -0.4 is 0 Å². The van der Waals surface area contributed by atoms with Gasteiger partial charge in [0.15, 0.2) is 0 Å². The average molecular weight is 182 g/mol. The van der Waals surface area contributed by atoms with E-state index in [1.54, 1.807) is 0 Å². The van der Waals surface area contributed by atoms with Crippen molar-refractivity contribution in [1.29, 1.82) is 0 Å². The zero-order chi connectivity index (χ0) is 8.39. The van der Waals surface area contributed by atoms with Gasteiger partial charge in [0.2, 0.25) is 12.3 Å². The Morgan fingerprint density at radius 1 is 0.750 bits per heavy atom. The summed E-state index contributed by atoms with van der Waals surface area (Å²) in [4.78, 5) is 0.407. The molecule has 2 heterocycles. The summed E-state index contributed by atoms with van der Waals surface area (Å²) >= 11 is 4.96. The molecule has 2 rings (SSSR count). The Morgan fingerprint density at radius 2 is 1.08 bits per heavy atom. The van der Waals surface area contributed by atoms with Crippen molar-refractivity contribution in [3.05, 3.63) is 0 Å². The largest absolute Gasteiger partial charge is 0.220 e. The van der Waals surface area contributed by atoms with Gasteiger partial charge in [-0.3, -0.25) is 0 Å². The van der Waals surface area contributed by atoms with Crippen molar-refractivity contribution >= 4 is 17.1 Å². The first-order chi connectivity index (χ1) is 5.88. The highest BCUT2D eigenvalue weighted by molar-refractivity contribution is 7.80. The molecule has 2 aliphatic rings. The first-order valence-electron chi connectivity index (χ1n) is 3.01. The number of nitrogens with zero attached hydrogens (tertiary/aromatic N) is 8. The van der Waals surface area contributed by atoms with E-state index in [1.165, 1.54) is 0 Å². The molecule has 0 radical (unpaired) electrons. The van der Waals surface area contributed by atoms with Crippen molar-refractivity contribution in [3.8, 4) is 0 Å². The molecule has 2 aliphatic heterocycles. The van der Waals surface area contributed by atoms with Gasteiger partial charge in [-0.15, -0.1) is 20.5 Å². The Hall–Kier alpha value is -1.51. The van der Waals surface area contributed by atoms with Crippen LogP contribution in [0.25, 0.3) is 0 Å². The van der Waals surface area contributed by atoms with Gasteiger partial charge in [0.1, 0.15) is 0 Å². The molecular formula is C3H2N8S. The van der Waals surface area contributed by atoms with E-state index < -0.39 is 12.3 Å². The number of rotatable bonds is 2. The maximum Gasteiger partial charge on any atom is 0.220 e. The molecular weight excluding hydrogens is 180 g/mol. The Bertz CT molecular complexity index is 260. The summed E-state index contributed by atoms with van der Waals surface area (Å²) in [5.41, 5.74) is 0. The van der Waals surface area contributed by atoms with Crippen LogP contribution in [-0.2, 0) is 0 Å². The third-order valence-corrected chi connectivity index (χ3v) is 1.65. The highest BCUT2D eigenvalue weighted by Crippen LogP contribution is 2.15. The Morgan fingerprint density at radius 3 is 1.42 bits per heavy atom. The van der Waals surface area contributed by atoms with Gasteiger partial charge >= 0.3 is 0 Å². The lowest BCUT2D eigenvalue weighted by atomic mass is 10.3. The van der Waals surface area contributed by atoms with E-state index in [0.29, 0.717) is 4.86 Å². The van der Waals surface area contributed by atoms with Gasteiger partial charge < -0.3 is 0 Å². The molecule has 0 aromatic heterocycles. The van der Waals surface area contributed by atoms with E-state index >= 15 is 0 Å². The second kappa shape index (κ2) is 2.85. The maximum absolute atomic E-state index is 4.96. The molecule has 0 bridgehead atoms. The first kappa shape index (κ1) is 7.16. The van der Waals surface area contributed by atoms with Gasteiger partial charge in [0.25, 0.3) is 0 Å². The quantitative estimate of drug-likeness (QED) is 0.596. The van der Waals surface area contributed by atoms with Crippen LogP contribution in [0.2, 0.25) is 0 Å². The summed E-state index contributed by atoms with van der Waals surface area (Å²) in [7, 11) is 0. The topological polar surface area (TPSA) is 98.9 Å². The van der Waals surface area contributed by atoms with Crippen LogP contribution in [-0.4, -0.2) is 17.2 Å². The molecule has 0 aliphatic carbocycles. The second-order valence-electron chi connectivity index (χ2n) is 1.97. The van der Waals surface area contributed by atoms with Crippen molar-refractivity contribution in [3.63, 3.8) is 0 Å². The van der Waals surface area contributed by atoms with Crippen LogP contribution in [0.3, 0.4) is 0 Å². The minimum atomic E-state index is -0.555. The molecule has 0 N–H and O–H groups in total. The van der Waals surface area contributed by atoms with Crippen molar-refractivity contribution in [2.75, 3.05) is 0 Å². The third-order valence-electron chi connectivity index (χ3n) is 1.23. The Labute approximate surface area is 71.5 Å². The Kier molecular flexibility index (Phi) is 1.70. The summed E-state index contributed by atoms with van der Waals surface area (Å²) < 4.78 is 0. The smallest absolute Gasteiger partial charge is 0.132 e. The van der Waals surface area contributed by atoms with E-state index in [2.05, 4.69) is 41.4 Å². The molecule has 0 amide bonds. The average Bonchev–Trinajstić information content (AvgIpc) is 2.77. The van der Waals surface area contributed by atoms with Gasteiger partial charge in [0, 0.05) is 0 Å². The fraction of sp³-hybridized carbons (Fsp3) is 0.667. The van der Waals surface area contributed by atoms with E-state index in [9.17, 15) is 0 Å². The zero-order valence-corrected chi connectivity index (χ0v) is 6.46. The lowest BCUT2D eigenvalue weighted by Gasteiger charge is -2.02. The van der Waals surface area contributed by atoms with Crippen molar-refractivity contribution < 1.29 is 0 Å². The molecule has 0 spiro atoms. The molecule has 9 heteroatoms. The molecule has 8 nitrogen and oxygen atoms in total. The zero-order valence-electron chi connectivity index (χ0n) is 5.64. The summed E-state index contributed by atoms with van der Waals surface area (Å²) in [5.74, 6) is 0. The predicted molar refractivity (Wildman–Crippen MR) is 39.6 cm³/mol. The van der Waals surface area contributed by atoms with E-state index in [-0.39, 0.29) is 0 Å². The maximum atomic E-state index is 4.96. The van der Waals surface area contributed by atoms with Crippen LogP contribution in [0.15, 0.2) is 41.4 Å². The van der Waals surface area contributed by atoms with Gasteiger partial charge in [0.05, 0.1) is 4.86 Å². The summed E-state index contributed by atoms with van der Waals surface area (Å²) in [6, 6.07) is 0. The highest BCUT2D eigenvalue weighted by Gasteiger charge is 2.26. The predicted octanol–water partition coefficient (Wildman–Crippen LogP) is 1.67. The van der Waals surface area contributed by atoms with E-state index in [4.69, 9.17) is 12.2 Å². The lowest BCUT2D eigenvalue weighted by Crippen LogP contribution is -2.22. The number of hydrogen-bond acceptors (Lipinski definition) is 9. The summed E-state index contributed by atoms with van der Waals surface area (Å²) in [6.07, 6.45) is -1.11. The van der Waals surface area contributed by atoms with Gasteiger partial charge in [-0.1, -0.05) is 12.2 Å². The molecule has 0 saturated carbocycles. The standard InChI is InChI=1S/C3H2N8S/c12-1(2-4-8-9-5-2)3-6-10-11-7-3/h2-3H. The van der Waals surface area contributed by atoms with Crippen LogP contribution in [0.5, 0.6) is 0 Å². The Balaban J connectivity index is 2.09. The minimum absolute atomic E-state index is 0.407. The second-order valence-corrected chi connectivity index (χ2v) is 2.44. The minimum Gasteiger partial charge on any atom is -0.132 e. The van der Waals surface area contributed by atoms with Gasteiger partial charge in [-0.05, 0) is 20.9 Å². The molecule has 60 valence electrons. The molecule has 0 aromatic carbocycles. The number of thiocarbonyl (C=S) groups is 1. The SMILES string of the molecule is S=C(C1N=NN=N1)C1N=NN=N1. The van der Waals surface area contributed by atoms with E-state index in [1.807, 2.05) is 0 Å². The van der Waals surface area contributed by atoms with Crippen LogP contribution >= 0.6 is 12.2 Å². The normalized spacial score (nSPS) is 21.3. The molecule has 0 fully saturated rings. The molecule has 0 saturated heterocycles. The third kappa shape index (κ3) is 1.13. The first-order valence-corrected chi connectivity index (χ1v) is 3.42. The fourth-order valence-corrected chi connectivity index (χ4v) is 0.884. The fourth-order valence-electron chi connectivity index (χ4n) is 0.695. The summed E-state index contributed by atoms with van der Waals surface area (Å²) in [6.45, 7) is 0. The molecule has 0 aromatic rings. The highest BCUT2D eigenvalue weighted by atomic mass is 32.1. The van der Waals surface area contributed by atoms with Crippen LogP contribution in [0, 0.1) is 0 Å².